The molecule has 0 bridgehead atoms. The lowest BCUT2D eigenvalue weighted by atomic mass is 10.1. The van der Waals surface area contributed by atoms with Crippen LogP contribution in [-0.2, 0) is 0 Å². The summed E-state index contributed by atoms with van der Waals surface area (Å²) in [6.45, 7) is 15.2. The second-order valence-electron chi connectivity index (χ2n) is 8.22. The molecule has 2 amide bonds. The molecule has 0 unspecified atom stereocenters. The lowest BCUT2D eigenvalue weighted by Crippen LogP contribution is -2.58. The number of urea groups is 1. The van der Waals surface area contributed by atoms with Gasteiger partial charge in [-0.1, -0.05) is 6.92 Å². The van der Waals surface area contributed by atoms with Crippen LogP contribution in [0.2, 0.25) is 0 Å². The summed E-state index contributed by atoms with van der Waals surface area (Å²) >= 11 is 0. The number of likely N-dealkylation sites (tertiary alicyclic amines) is 1. The van der Waals surface area contributed by atoms with Crippen LogP contribution >= 0.6 is 0 Å². The van der Waals surface area contributed by atoms with E-state index in [9.17, 15) is 9.90 Å². The van der Waals surface area contributed by atoms with Crippen LogP contribution in [0.25, 0.3) is 0 Å². The van der Waals surface area contributed by atoms with Gasteiger partial charge in [-0.25, -0.2) is 4.79 Å². The maximum Gasteiger partial charge on any atom is 0.317 e. The average Bonchev–Trinajstić information content (AvgIpc) is 2.93. The normalized spacial score (nSPS) is 26.8. The predicted octanol–water partition coefficient (Wildman–Crippen LogP) is 1.20. The molecule has 0 aromatic rings. The van der Waals surface area contributed by atoms with Crippen LogP contribution in [0.15, 0.2) is 0 Å². The molecular weight excluding hydrogens is 304 g/mol. The van der Waals surface area contributed by atoms with E-state index in [4.69, 9.17) is 0 Å². The van der Waals surface area contributed by atoms with Gasteiger partial charge in [0.1, 0.15) is 0 Å². The smallest absolute Gasteiger partial charge is 0.317 e. The van der Waals surface area contributed by atoms with E-state index in [1.54, 1.807) is 0 Å². The topological polar surface area (TPSA) is 59.1 Å². The Morgan fingerprint density at radius 2 is 2.00 bits per heavy atom. The third kappa shape index (κ3) is 5.90. The van der Waals surface area contributed by atoms with E-state index in [0.717, 1.165) is 32.7 Å². The number of β-amino-alcohol motifs (C(OH)–C–C–N with tert-alkyl or cyclic N) is 1. The minimum atomic E-state index is -0.689. The van der Waals surface area contributed by atoms with Crippen molar-refractivity contribution in [2.45, 2.75) is 52.2 Å². The van der Waals surface area contributed by atoms with E-state index in [-0.39, 0.29) is 12.1 Å². The summed E-state index contributed by atoms with van der Waals surface area (Å²) in [7, 11) is 0. The number of hydrogen-bond acceptors (Lipinski definition) is 4. The Bertz CT molecular complexity index is 410. The van der Waals surface area contributed by atoms with Gasteiger partial charge >= 0.3 is 6.03 Å². The highest BCUT2D eigenvalue weighted by molar-refractivity contribution is 5.74. The number of rotatable bonds is 6. The third-order valence-electron chi connectivity index (χ3n) is 5.09. The van der Waals surface area contributed by atoms with Gasteiger partial charge in [0.25, 0.3) is 0 Å². The van der Waals surface area contributed by atoms with Crippen molar-refractivity contribution in [3.05, 3.63) is 0 Å². The Morgan fingerprint density at radius 3 is 2.62 bits per heavy atom. The molecule has 6 heteroatoms. The predicted molar refractivity (Wildman–Crippen MR) is 97.1 cm³/mol. The van der Waals surface area contributed by atoms with Crippen LogP contribution < -0.4 is 5.32 Å². The lowest BCUT2D eigenvalue weighted by molar-refractivity contribution is 0.00289. The fourth-order valence-corrected chi connectivity index (χ4v) is 3.85. The first-order valence-corrected chi connectivity index (χ1v) is 9.50. The lowest BCUT2D eigenvalue weighted by Gasteiger charge is -2.42. The monoisotopic (exact) mass is 340 g/mol. The first-order chi connectivity index (χ1) is 11.3. The Morgan fingerprint density at radius 1 is 1.25 bits per heavy atom. The second-order valence-corrected chi connectivity index (χ2v) is 8.22. The molecule has 0 aromatic carbocycles. The summed E-state index contributed by atoms with van der Waals surface area (Å²) in [5.74, 6) is 0.592. The number of aliphatic hydroxyl groups is 1. The number of nitrogens with one attached hydrogen (secondary N) is 1. The van der Waals surface area contributed by atoms with E-state index >= 15 is 0 Å². The first-order valence-electron chi connectivity index (χ1n) is 9.50. The van der Waals surface area contributed by atoms with Crippen LogP contribution in [0.1, 0.15) is 40.5 Å². The van der Waals surface area contributed by atoms with Crippen molar-refractivity contribution in [3.63, 3.8) is 0 Å². The third-order valence-corrected chi connectivity index (χ3v) is 5.09. The van der Waals surface area contributed by atoms with Gasteiger partial charge in [-0.15, -0.1) is 0 Å². The second kappa shape index (κ2) is 8.50. The number of carbonyl (C=O) groups is 1. The standard InChI is InChI=1S/C18H36N4O2/c1-5-7-20-8-6-16(13-20)11-19-17(23)21-9-10-22(15(2)12-21)14-18(3,4)24/h15-16,24H,5-14H2,1-4H3,(H,19,23)/t15-,16+/m0/s1. The van der Waals surface area contributed by atoms with Crippen molar-refractivity contribution in [1.29, 1.82) is 0 Å². The molecule has 2 fully saturated rings. The highest BCUT2D eigenvalue weighted by Crippen LogP contribution is 2.16. The number of nitrogens with zero attached hydrogens (tertiary/aromatic N) is 3. The zero-order valence-electron chi connectivity index (χ0n) is 15.9. The minimum Gasteiger partial charge on any atom is -0.389 e. The van der Waals surface area contributed by atoms with Gasteiger partial charge in [0, 0.05) is 45.3 Å². The van der Waals surface area contributed by atoms with Gasteiger partial charge in [-0.2, -0.15) is 0 Å². The van der Waals surface area contributed by atoms with Gasteiger partial charge < -0.3 is 20.2 Å². The van der Waals surface area contributed by atoms with Crippen molar-refractivity contribution in [1.82, 2.24) is 20.0 Å². The number of carbonyl (C=O) groups excluding carboxylic acids is 1. The first kappa shape index (κ1) is 19.5. The van der Waals surface area contributed by atoms with Crippen LogP contribution in [-0.4, -0.2) is 89.8 Å². The van der Waals surface area contributed by atoms with Crippen LogP contribution in [0.4, 0.5) is 4.79 Å². The fourth-order valence-electron chi connectivity index (χ4n) is 3.85. The molecule has 0 radical (unpaired) electrons. The van der Waals surface area contributed by atoms with Gasteiger partial charge in [-0.3, -0.25) is 4.90 Å². The van der Waals surface area contributed by atoms with E-state index in [0.29, 0.717) is 12.5 Å². The molecule has 24 heavy (non-hydrogen) atoms. The number of hydrogen-bond donors (Lipinski definition) is 2. The quantitative estimate of drug-likeness (QED) is 0.763. The number of amides is 2. The van der Waals surface area contributed by atoms with Gasteiger partial charge in [0.05, 0.1) is 5.60 Å². The maximum absolute atomic E-state index is 12.4. The molecule has 0 aromatic heterocycles. The Balaban J connectivity index is 1.71. The molecule has 0 saturated carbocycles. The summed E-state index contributed by atoms with van der Waals surface area (Å²) < 4.78 is 0. The summed E-state index contributed by atoms with van der Waals surface area (Å²) in [4.78, 5) is 19.1. The Hall–Kier alpha value is -0.850. The summed E-state index contributed by atoms with van der Waals surface area (Å²) in [6.07, 6.45) is 2.39. The molecule has 2 aliphatic heterocycles. The zero-order valence-corrected chi connectivity index (χ0v) is 15.9. The van der Waals surface area contributed by atoms with Crippen LogP contribution in [0.5, 0.6) is 0 Å². The SMILES string of the molecule is CCCN1CC[C@H](CNC(=O)N2CCN(CC(C)(C)O)[C@@H](C)C2)C1. The maximum atomic E-state index is 12.4. The highest BCUT2D eigenvalue weighted by Gasteiger charge is 2.30. The van der Waals surface area contributed by atoms with Crippen molar-refractivity contribution in [3.8, 4) is 0 Å². The van der Waals surface area contributed by atoms with Gasteiger partial charge in [0.2, 0.25) is 0 Å². The van der Waals surface area contributed by atoms with Crippen molar-refractivity contribution < 1.29 is 9.90 Å². The van der Waals surface area contributed by atoms with Crippen molar-refractivity contribution in [2.24, 2.45) is 5.92 Å². The molecule has 0 aliphatic carbocycles. The molecule has 2 heterocycles. The highest BCUT2D eigenvalue weighted by atomic mass is 16.3. The molecule has 140 valence electrons. The molecule has 2 rings (SSSR count). The van der Waals surface area contributed by atoms with Gasteiger partial charge in [0.15, 0.2) is 0 Å². The molecule has 2 atom stereocenters. The van der Waals surface area contributed by atoms with E-state index in [1.165, 1.54) is 25.9 Å². The van der Waals surface area contributed by atoms with E-state index < -0.39 is 5.60 Å². The van der Waals surface area contributed by atoms with E-state index in [2.05, 4.69) is 29.0 Å². The average molecular weight is 341 g/mol. The van der Waals surface area contributed by atoms with Crippen molar-refractivity contribution >= 4 is 6.03 Å². The molecule has 2 N–H and O–H groups in total. The molecule has 2 aliphatic rings. The zero-order chi connectivity index (χ0) is 17.7. The molecular formula is C18H36N4O2. The molecule has 2 saturated heterocycles. The Labute approximate surface area is 147 Å². The molecule has 6 nitrogen and oxygen atoms in total. The van der Waals surface area contributed by atoms with Crippen molar-refractivity contribution in [2.75, 3.05) is 52.4 Å². The molecule has 0 spiro atoms. The van der Waals surface area contributed by atoms with Crippen LogP contribution in [0.3, 0.4) is 0 Å². The summed E-state index contributed by atoms with van der Waals surface area (Å²) in [5, 5.41) is 13.1. The fraction of sp³-hybridized carbons (Fsp3) is 0.944. The van der Waals surface area contributed by atoms with Crippen LogP contribution in [0, 0.1) is 5.92 Å². The van der Waals surface area contributed by atoms with Gasteiger partial charge in [-0.05, 0) is 52.6 Å². The summed E-state index contributed by atoms with van der Waals surface area (Å²) in [5.41, 5.74) is -0.689. The summed E-state index contributed by atoms with van der Waals surface area (Å²) in [6, 6.07) is 0.348. The van der Waals surface area contributed by atoms with E-state index in [1.807, 2.05) is 18.7 Å². The largest absolute Gasteiger partial charge is 0.389 e. The minimum absolute atomic E-state index is 0.0682. The Kier molecular flexibility index (Phi) is 6.89. The number of piperazine rings is 1.